The van der Waals surface area contributed by atoms with Crippen LogP contribution in [0, 0.1) is 0 Å². The number of phenols is 2. The van der Waals surface area contributed by atoms with E-state index in [0.717, 1.165) is 0 Å². The molecule has 0 aliphatic carbocycles. The number of para-hydroxylation sites is 1. The molecule has 0 atom stereocenters. The van der Waals surface area contributed by atoms with Crippen LogP contribution in [0.3, 0.4) is 0 Å². The topological polar surface area (TPSA) is 105 Å². The molecule has 0 saturated carbocycles. The molecule has 0 unspecified atom stereocenters. The van der Waals surface area contributed by atoms with Crippen LogP contribution in [0.25, 0.3) is 0 Å². The van der Waals surface area contributed by atoms with Crippen LogP contribution in [0.5, 0.6) is 17.2 Å². The van der Waals surface area contributed by atoms with Gasteiger partial charge in [0.25, 0.3) is 0 Å². The molecule has 1 amide bonds. The van der Waals surface area contributed by atoms with Crippen LogP contribution in [0.2, 0.25) is 0 Å². The van der Waals surface area contributed by atoms with Gasteiger partial charge in [0.05, 0.1) is 6.54 Å². The van der Waals surface area contributed by atoms with E-state index in [4.69, 9.17) is 9.47 Å². The van der Waals surface area contributed by atoms with E-state index in [-0.39, 0.29) is 24.5 Å². The molecule has 0 spiro atoms. The third-order valence-electron chi connectivity index (χ3n) is 2.13. The van der Waals surface area contributed by atoms with E-state index in [1.54, 1.807) is 0 Å². The number of phenolic OH excluding ortho intramolecular Hbond substituents is 2. The van der Waals surface area contributed by atoms with Crippen molar-refractivity contribution in [1.82, 2.24) is 5.32 Å². The Morgan fingerprint density at radius 3 is 2.70 bits per heavy atom. The largest absolute Gasteiger partial charge is 0.504 e. The average molecular weight is 281 g/mol. The van der Waals surface area contributed by atoms with E-state index in [9.17, 15) is 19.8 Å². The van der Waals surface area contributed by atoms with Gasteiger partial charge in [0, 0.05) is 5.57 Å². The van der Waals surface area contributed by atoms with Gasteiger partial charge in [0.15, 0.2) is 11.5 Å². The highest BCUT2D eigenvalue weighted by molar-refractivity contribution is 5.86. The van der Waals surface area contributed by atoms with E-state index in [0.29, 0.717) is 0 Å². The Kier molecular flexibility index (Phi) is 5.40. The number of ether oxygens (including phenoxy) is 2. The van der Waals surface area contributed by atoms with Crippen LogP contribution in [0.15, 0.2) is 30.4 Å². The monoisotopic (exact) mass is 281 g/mol. The Hall–Kier alpha value is -2.70. The summed E-state index contributed by atoms with van der Waals surface area (Å²) in [5.41, 5.74) is 0.261. The van der Waals surface area contributed by atoms with Crippen molar-refractivity contribution in [2.45, 2.75) is 6.92 Å². The molecule has 1 aromatic carbocycles. The fraction of sp³-hybridized carbons (Fsp3) is 0.231. The lowest BCUT2D eigenvalue weighted by Crippen LogP contribution is -2.30. The number of carbonyl (C=O) groups is 2. The standard InChI is InChI=1S/C13H15NO6/c1-8(2)12(17)19-7-6-14-13(18)20-10-5-3-4-9(15)11(10)16/h3-5,15-16H,1,6-7H2,2H3,(H,14,18). The van der Waals surface area contributed by atoms with Crippen molar-refractivity contribution >= 4 is 12.1 Å². The lowest BCUT2D eigenvalue weighted by atomic mass is 10.3. The molecule has 7 nitrogen and oxygen atoms in total. The molecular weight excluding hydrogens is 266 g/mol. The zero-order chi connectivity index (χ0) is 15.1. The maximum Gasteiger partial charge on any atom is 0.412 e. The smallest absolute Gasteiger partial charge is 0.412 e. The van der Waals surface area contributed by atoms with Gasteiger partial charge < -0.3 is 25.0 Å². The first kappa shape index (κ1) is 15.4. The minimum absolute atomic E-state index is 0.0349. The van der Waals surface area contributed by atoms with Crippen LogP contribution in [-0.2, 0) is 9.53 Å². The summed E-state index contributed by atoms with van der Waals surface area (Å²) in [7, 11) is 0. The van der Waals surface area contributed by atoms with E-state index >= 15 is 0 Å². The van der Waals surface area contributed by atoms with Crippen molar-refractivity contribution in [3.63, 3.8) is 0 Å². The Bertz CT molecular complexity index is 526. The maximum atomic E-state index is 11.4. The van der Waals surface area contributed by atoms with Gasteiger partial charge in [-0.05, 0) is 19.1 Å². The quantitative estimate of drug-likeness (QED) is 0.325. The minimum Gasteiger partial charge on any atom is -0.504 e. The summed E-state index contributed by atoms with van der Waals surface area (Å²) in [4.78, 5) is 22.4. The number of hydrogen-bond acceptors (Lipinski definition) is 6. The molecule has 108 valence electrons. The first-order chi connectivity index (χ1) is 9.41. The van der Waals surface area contributed by atoms with Gasteiger partial charge in [-0.1, -0.05) is 12.6 Å². The Labute approximate surface area is 115 Å². The van der Waals surface area contributed by atoms with Gasteiger partial charge in [-0.25, -0.2) is 9.59 Å². The van der Waals surface area contributed by atoms with Crippen molar-refractivity contribution in [1.29, 1.82) is 0 Å². The van der Waals surface area contributed by atoms with Crippen LogP contribution in [0.4, 0.5) is 4.79 Å². The maximum absolute atomic E-state index is 11.4. The lowest BCUT2D eigenvalue weighted by Gasteiger charge is -2.09. The number of benzene rings is 1. The minimum atomic E-state index is -0.850. The average Bonchev–Trinajstić information content (AvgIpc) is 2.39. The molecule has 0 fully saturated rings. The zero-order valence-corrected chi connectivity index (χ0v) is 10.9. The predicted molar refractivity (Wildman–Crippen MR) is 69.6 cm³/mol. The van der Waals surface area contributed by atoms with Gasteiger partial charge in [-0.15, -0.1) is 0 Å². The second kappa shape index (κ2) is 7.03. The summed E-state index contributed by atoms with van der Waals surface area (Å²) in [6.45, 7) is 4.92. The normalized spacial score (nSPS) is 9.65. The van der Waals surface area contributed by atoms with Gasteiger partial charge in [-0.2, -0.15) is 0 Å². The predicted octanol–water partition coefficient (Wildman–Crippen LogP) is 1.31. The number of amides is 1. The molecule has 20 heavy (non-hydrogen) atoms. The van der Waals surface area contributed by atoms with Crippen LogP contribution in [-0.4, -0.2) is 35.4 Å². The molecule has 0 radical (unpaired) electrons. The molecule has 0 saturated heterocycles. The molecule has 7 heteroatoms. The first-order valence-corrected chi connectivity index (χ1v) is 5.71. The second-order valence-corrected chi connectivity index (χ2v) is 3.86. The van der Waals surface area contributed by atoms with E-state index < -0.39 is 23.6 Å². The number of aromatic hydroxyl groups is 2. The fourth-order valence-electron chi connectivity index (χ4n) is 1.15. The number of carbonyl (C=O) groups excluding carboxylic acids is 2. The fourth-order valence-corrected chi connectivity index (χ4v) is 1.15. The third-order valence-corrected chi connectivity index (χ3v) is 2.13. The summed E-state index contributed by atoms with van der Waals surface area (Å²) in [6, 6.07) is 3.97. The zero-order valence-electron chi connectivity index (χ0n) is 10.9. The second-order valence-electron chi connectivity index (χ2n) is 3.86. The van der Waals surface area contributed by atoms with Crippen LogP contribution in [0.1, 0.15) is 6.92 Å². The third kappa shape index (κ3) is 4.52. The molecule has 0 heterocycles. The number of esters is 1. The summed E-state index contributed by atoms with van der Waals surface area (Å²) in [6.07, 6.45) is -0.850. The van der Waals surface area contributed by atoms with E-state index in [1.807, 2.05) is 0 Å². The van der Waals surface area contributed by atoms with Crippen molar-refractivity contribution in [2.75, 3.05) is 13.2 Å². The molecule has 0 aliphatic rings. The highest BCUT2D eigenvalue weighted by atomic mass is 16.6. The van der Waals surface area contributed by atoms with Crippen LogP contribution < -0.4 is 10.1 Å². The Morgan fingerprint density at radius 1 is 1.35 bits per heavy atom. The van der Waals surface area contributed by atoms with Crippen molar-refractivity contribution in [3.05, 3.63) is 30.4 Å². The highest BCUT2D eigenvalue weighted by Gasteiger charge is 2.11. The van der Waals surface area contributed by atoms with Gasteiger partial charge in [0.2, 0.25) is 5.75 Å². The molecule has 3 N–H and O–H groups in total. The molecular formula is C13H15NO6. The number of nitrogens with one attached hydrogen (secondary N) is 1. The van der Waals surface area contributed by atoms with E-state index in [1.165, 1.54) is 25.1 Å². The van der Waals surface area contributed by atoms with Crippen molar-refractivity contribution in [2.24, 2.45) is 0 Å². The van der Waals surface area contributed by atoms with Gasteiger partial charge >= 0.3 is 12.1 Å². The molecule has 0 aromatic heterocycles. The van der Waals surface area contributed by atoms with Crippen LogP contribution >= 0.6 is 0 Å². The number of hydrogen-bond donors (Lipinski definition) is 3. The van der Waals surface area contributed by atoms with Gasteiger partial charge in [0.1, 0.15) is 6.61 Å². The van der Waals surface area contributed by atoms with Crippen molar-refractivity contribution < 1.29 is 29.3 Å². The summed E-state index contributed by atoms with van der Waals surface area (Å²) in [5.74, 6) is -1.66. The summed E-state index contributed by atoms with van der Waals surface area (Å²) >= 11 is 0. The first-order valence-electron chi connectivity index (χ1n) is 5.71. The van der Waals surface area contributed by atoms with Crippen molar-refractivity contribution in [3.8, 4) is 17.2 Å². The SMILES string of the molecule is C=C(C)C(=O)OCCNC(=O)Oc1cccc(O)c1O. The molecule has 1 rings (SSSR count). The molecule has 1 aromatic rings. The summed E-state index contributed by atoms with van der Waals surface area (Å²) < 4.78 is 9.51. The molecule has 0 aliphatic heterocycles. The van der Waals surface area contributed by atoms with E-state index in [2.05, 4.69) is 11.9 Å². The Morgan fingerprint density at radius 2 is 2.05 bits per heavy atom. The Balaban J connectivity index is 2.36. The number of rotatable bonds is 5. The summed E-state index contributed by atoms with van der Waals surface area (Å²) in [5, 5.41) is 20.9. The highest BCUT2D eigenvalue weighted by Crippen LogP contribution is 2.34. The lowest BCUT2D eigenvalue weighted by molar-refractivity contribution is -0.138. The molecule has 0 bridgehead atoms. The van der Waals surface area contributed by atoms with Gasteiger partial charge in [-0.3, -0.25) is 0 Å².